The lowest BCUT2D eigenvalue weighted by atomic mass is 10.1. The summed E-state index contributed by atoms with van der Waals surface area (Å²) in [7, 11) is 0. The summed E-state index contributed by atoms with van der Waals surface area (Å²) in [5.74, 6) is 2.85. The topological polar surface area (TPSA) is 72.9 Å². The molecular weight excluding hydrogens is 348 g/mol. The number of hydrogen-bond donors (Lipinski definition) is 0. The second-order valence-corrected chi connectivity index (χ2v) is 7.19. The van der Waals surface area contributed by atoms with E-state index < -0.39 is 0 Å². The number of nitrogens with zero attached hydrogens (tertiary/aromatic N) is 6. The number of aryl methyl sites for hydroxylation is 1. The van der Waals surface area contributed by atoms with E-state index in [0.717, 1.165) is 42.1 Å². The molecule has 0 unspecified atom stereocenters. The highest BCUT2D eigenvalue weighted by Gasteiger charge is 2.22. The van der Waals surface area contributed by atoms with Crippen LogP contribution in [0.5, 0.6) is 0 Å². The first-order valence-electron chi connectivity index (χ1n) is 9.05. The van der Waals surface area contributed by atoms with Crippen LogP contribution in [0.25, 0.3) is 5.69 Å². The molecule has 0 spiro atoms. The number of benzene rings is 1. The van der Waals surface area contributed by atoms with E-state index in [-0.39, 0.29) is 0 Å². The molecule has 7 nitrogen and oxygen atoms in total. The summed E-state index contributed by atoms with van der Waals surface area (Å²) in [5.41, 5.74) is 1.07. The standard InChI is InChI=1S/C18H22N6OS/c1-2-15-19-16(25-22-15)13-26-18-21-20-17(23-11-7-4-8-12-23)24(18)14-9-5-3-6-10-14/h3,5-6,9-10H,2,4,7-8,11-13H2,1H3. The molecule has 0 amide bonds. The van der Waals surface area contributed by atoms with Gasteiger partial charge in [-0.1, -0.05) is 42.0 Å². The zero-order valence-electron chi connectivity index (χ0n) is 14.8. The molecule has 4 rings (SSSR count). The van der Waals surface area contributed by atoms with E-state index in [9.17, 15) is 0 Å². The fourth-order valence-electron chi connectivity index (χ4n) is 3.08. The van der Waals surface area contributed by atoms with Crippen molar-refractivity contribution in [1.29, 1.82) is 0 Å². The first kappa shape index (κ1) is 17.1. The van der Waals surface area contributed by atoms with Gasteiger partial charge in [-0.05, 0) is 31.4 Å². The lowest BCUT2D eigenvalue weighted by molar-refractivity contribution is 0.385. The van der Waals surface area contributed by atoms with Crippen LogP contribution in [0.2, 0.25) is 0 Å². The number of aromatic nitrogens is 5. The van der Waals surface area contributed by atoms with Gasteiger partial charge in [0.2, 0.25) is 11.8 Å². The maximum absolute atomic E-state index is 5.30. The van der Waals surface area contributed by atoms with Crippen molar-refractivity contribution < 1.29 is 4.52 Å². The van der Waals surface area contributed by atoms with Gasteiger partial charge in [0.05, 0.1) is 11.4 Å². The Hall–Kier alpha value is -2.35. The van der Waals surface area contributed by atoms with Gasteiger partial charge in [-0.3, -0.25) is 4.57 Å². The predicted molar refractivity (Wildman–Crippen MR) is 101 cm³/mol. The van der Waals surface area contributed by atoms with Crippen LogP contribution in [-0.4, -0.2) is 38.0 Å². The first-order valence-corrected chi connectivity index (χ1v) is 10.0. The highest BCUT2D eigenvalue weighted by Crippen LogP contribution is 2.29. The highest BCUT2D eigenvalue weighted by molar-refractivity contribution is 7.98. The number of piperidine rings is 1. The van der Waals surface area contributed by atoms with E-state index in [1.54, 1.807) is 11.8 Å². The van der Waals surface area contributed by atoms with Gasteiger partial charge in [-0.25, -0.2) is 0 Å². The Balaban J connectivity index is 1.62. The predicted octanol–water partition coefficient (Wildman–Crippen LogP) is 3.50. The molecule has 0 bridgehead atoms. The van der Waals surface area contributed by atoms with Crippen molar-refractivity contribution >= 4 is 17.7 Å². The number of para-hydroxylation sites is 1. The van der Waals surface area contributed by atoms with Crippen LogP contribution in [0.1, 0.15) is 37.9 Å². The summed E-state index contributed by atoms with van der Waals surface area (Å²) in [6.45, 7) is 4.07. The quantitative estimate of drug-likeness (QED) is 0.615. The van der Waals surface area contributed by atoms with Gasteiger partial charge in [-0.15, -0.1) is 10.2 Å². The first-order chi connectivity index (χ1) is 12.8. The van der Waals surface area contributed by atoms with Gasteiger partial charge in [0, 0.05) is 19.5 Å². The van der Waals surface area contributed by atoms with Crippen LogP contribution in [0.4, 0.5) is 5.95 Å². The van der Waals surface area contributed by atoms with Crippen molar-refractivity contribution in [3.63, 3.8) is 0 Å². The fraction of sp³-hybridized carbons (Fsp3) is 0.444. The Labute approximate surface area is 156 Å². The normalized spacial score (nSPS) is 14.7. The molecule has 1 saturated heterocycles. The lowest BCUT2D eigenvalue weighted by Crippen LogP contribution is -2.31. The Kier molecular flexibility index (Phi) is 5.19. The molecule has 1 aliphatic rings. The summed E-state index contributed by atoms with van der Waals surface area (Å²) in [4.78, 5) is 6.71. The summed E-state index contributed by atoms with van der Waals surface area (Å²) < 4.78 is 7.43. The van der Waals surface area contributed by atoms with Crippen molar-refractivity contribution in [2.24, 2.45) is 0 Å². The second-order valence-electron chi connectivity index (χ2n) is 6.25. The van der Waals surface area contributed by atoms with Gasteiger partial charge >= 0.3 is 0 Å². The molecular formula is C18H22N6OS. The van der Waals surface area contributed by atoms with Crippen LogP contribution in [0.15, 0.2) is 40.0 Å². The molecule has 2 aromatic heterocycles. The monoisotopic (exact) mass is 370 g/mol. The number of rotatable bonds is 6. The zero-order valence-corrected chi connectivity index (χ0v) is 15.7. The molecule has 0 saturated carbocycles. The van der Waals surface area contributed by atoms with Crippen molar-refractivity contribution in [3.8, 4) is 5.69 Å². The largest absolute Gasteiger partial charge is 0.341 e. The molecule has 1 aliphatic heterocycles. The summed E-state index contributed by atoms with van der Waals surface area (Å²) >= 11 is 1.57. The Morgan fingerprint density at radius 2 is 1.88 bits per heavy atom. The summed E-state index contributed by atoms with van der Waals surface area (Å²) in [6, 6.07) is 10.3. The van der Waals surface area contributed by atoms with Crippen LogP contribution < -0.4 is 4.90 Å². The number of thioether (sulfide) groups is 1. The minimum absolute atomic E-state index is 0.581. The molecule has 1 aromatic carbocycles. The minimum atomic E-state index is 0.581. The molecule has 0 aliphatic carbocycles. The van der Waals surface area contributed by atoms with E-state index in [1.807, 2.05) is 25.1 Å². The van der Waals surface area contributed by atoms with Crippen LogP contribution in [0.3, 0.4) is 0 Å². The van der Waals surface area contributed by atoms with Gasteiger partial charge in [0.15, 0.2) is 11.0 Å². The average molecular weight is 370 g/mol. The van der Waals surface area contributed by atoms with E-state index in [0.29, 0.717) is 11.6 Å². The third-order valence-electron chi connectivity index (χ3n) is 4.42. The smallest absolute Gasteiger partial charge is 0.237 e. The number of anilines is 1. The van der Waals surface area contributed by atoms with Gasteiger partial charge in [0.25, 0.3) is 0 Å². The van der Waals surface area contributed by atoms with Crippen molar-refractivity contribution in [1.82, 2.24) is 24.9 Å². The van der Waals surface area contributed by atoms with Crippen LogP contribution >= 0.6 is 11.8 Å². The molecule has 3 heterocycles. The van der Waals surface area contributed by atoms with Gasteiger partial charge in [-0.2, -0.15) is 4.98 Å². The van der Waals surface area contributed by atoms with Crippen LogP contribution in [-0.2, 0) is 12.2 Å². The third-order valence-corrected chi connectivity index (χ3v) is 5.33. The third kappa shape index (κ3) is 3.60. The molecule has 26 heavy (non-hydrogen) atoms. The molecule has 8 heteroatoms. The second kappa shape index (κ2) is 7.90. The summed E-state index contributed by atoms with van der Waals surface area (Å²) in [6.07, 6.45) is 4.46. The number of hydrogen-bond acceptors (Lipinski definition) is 7. The zero-order chi connectivity index (χ0) is 17.8. The van der Waals surface area contributed by atoms with Crippen LogP contribution in [0, 0.1) is 0 Å². The molecule has 0 radical (unpaired) electrons. The highest BCUT2D eigenvalue weighted by atomic mass is 32.2. The Morgan fingerprint density at radius 1 is 1.08 bits per heavy atom. The van der Waals surface area contributed by atoms with E-state index in [4.69, 9.17) is 4.52 Å². The van der Waals surface area contributed by atoms with Gasteiger partial charge in [0.1, 0.15) is 0 Å². The minimum Gasteiger partial charge on any atom is -0.341 e. The van der Waals surface area contributed by atoms with E-state index in [2.05, 4.69) is 41.9 Å². The Morgan fingerprint density at radius 3 is 2.62 bits per heavy atom. The lowest BCUT2D eigenvalue weighted by Gasteiger charge is -2.27. The van der Waals surface area contributed by atoms with Crippen molar-refractivity contribution in [2.45, 2.75) is 43.5 Å². The molecule has 136 valence electrons. The molecule has 0 N–H and O–H groups in total. The van der Waals surface area contributed by atoms with Crippen molar-refractivity contribution in [2.75, 3.05) is 18.0 Å². The molecule has 1 fully saturated rings. The van der Waals surface area contributed by atoms with Crippen molar-refractivity contribution in [3.05, 3.63) is 42.0 Å². The fourth-order valence-corrected chi connectivity index (χ4v) is 3.86. The van der Waals surface area contributed by atoms with E-state index >= 15 is 0 Å². The summed E-state index contributed by atoms with van der Waals surface area (Å²) in [5, 5.41) is 13.8. The molecule has 3 aromatic rings. The average Bonchev–Trinajstić information content (AvgIpc) is 3.34. The SMILES string of the molecule is CCc1noc(CSc2nnc(N3CCCCC3)n2-c2ccccc2)n1. The maximum atomic E-state index is 5.30. The van der Waals surface area contributed by atoms with Gasteiger partial charge < -0.3 is 9.42 Å². The Bertz CT molecular complexity index is 841. The van der Waals surface area contributed by atoms with E-state index in [1.165, 1.54) is 19.3 Å². The maximum Gasteiger partial charge on any atom is 0.237 e. The molecule has 0 atom stereocenters.